The van der Waals surface area contributed by atoms with Crippen molar-refractivity contribution in [2.75, 3.05) is 13.1 Å². The molecule has 0 heterocycles. The molecule has 0 spiro atoms. The molecule has 1 amide bonds. The third-order valence-electron chi connectivity index (χ3n) is 2.23. The van der Waals surface area contributed by atoms with Crippen molar-refractivity contribution in [1.82, 2.24) is 10.6 Å². The van der Waals surface area contributed by atoms with Gasteiger partial charge in [0.2, 0.25) is 5.91 Å². The summed E-state index contributed by atoms with van der Waals surface area (Å²) in [7, 11) is 0. The van der Waals surface area contributed by atoms with Crippen LogP contribution in [0.25, 0.3) is 0 Å². The predicted octanol–water partition coefficient (Wildman–Crippen LogP) is 1.58. The fraction of sp³-hybridized carbons (Fsp3) is 0.417. The van der Waals surface area contributed by atoms with Gasteiger partial charge in [0, 0.05) is 37.7 Å². The molecule has 0 bridgehead atoms. The van der Waals surface area contributed by atoms with Crippen LogP contribution in [0, 0.1) is 11.6 Å². The monoisotopic (exact) mass is 242 g/mol. The standard InChI is InChI=1S/C12H16F2N2O/c1-2-16-12(17)5-6-15-8-9-3-4-10(13)7-11(9)14/h3-4,7,15H,2,5-6,8H2,1H3,(H,16,17). The van der Waals surface area contributed by atoms with E-state index in [4.69, 9.17) is 0 Å². The number of nitrogens with one attached hydrogen (secondary N) is 2. The first kappa shape index (κ1) is 13.6. The Labute approximate surface area is 99.2 Å². The number of halogens is 2. The van der Waals surface area contributed by atoms with Gasteiger partial charge in [-0.2, -0.15) is 0 Å². The van der Waals surface area contributed by atoms with E-state index >= 15 is 0 Å². The van der Waals surface area contributed by atoms with Crippen molar-refractivity contribution >= 4 is 5.91 Å². The summed E-state index contributed by atoms with van der Waals surface area (Å²) in [5.41, 5.74) is 0.391. The summed E-state index contributed by atoms with van der Waals surface area (Å²) >= 11 is 0. The fourth-order valence-electron chi connectivity index (χ4n) is 1.38. The van der Waals surface area contributed by atoms with Gasteiger partial charge in [-0.15, -0.1) is 0 Å². The Morgan fingerprint density at radius 1 is 1.35 bits per heavy atom. The molecule has 0 atom stereocenters. The van der Waals surface area contributed by atoms with Crippen LogP contribution in [0.15, 0.2) is 18.2 Å². The lowest BCUT2D eigenvalue weighted by Crippen LogP contribution is -2.27. The van der Waals surface area contributed by atoms with Crippen LogP contribution in [-0.4, -0.2) is 19.0 Å². The van der Waals surface area contributed by atoms with Crippen LogP contribution < -0.4 is 10.6 Å². The molecule has 0 aliphatic rings. The lowest BCUT2D eigenvalue weighted by Gasteiger charge is -2.06. The van der Waals surface area contributed by atoms with Crippen molar-refractivity contribution in [1.29, 1.82) is 0 Å². The molecule has 2 N–H and O–H groups in total. The van der Waals surface area contributed by atoms with Gasteiger partial charge in [0.05, 0.1) is 0 Å². The second-order valence-corrected chi connectivity index (χ2v) is 3.62. The van der Waals surface area contributed by atoms with Gasteiger partial charge in [-0.1, -0.05) is 6.07 Å². The summed E-state index contributed by atoms with van der Waals surface area (Å²) in [6, 6.07) is 3.45. The van der Waals surface area contributed by atoms with E-state index in [1.54, 1.807) is 0 Å². The van der Waals surface area contributed by atoms with Crippen molar-refractivity contribution in [2.45, 2.75) is 19.9 Å². The van der Waals surface area contributed by atoms with Gasteiger partial charge in [-0.3, -0.25) is 4.79 Å². The van der Waals surface area contributed by atoms with E-state index in [2.05, 4.69) is 10.6 Å². The van der Waals surface area contributed by atoms with Gasteiger partial charge in [0.1, 0.15) is 11.6 Å². The third kappa shape index (κ3) is 4.91. The van der Waals surface area contributed by atoms with Crippen LogP contribution >= 0.6 is 0 Å². The second kappa shape index (κ2) is 6.96. The van der Waals surface area contributed by atoms with Crippen LogP contribution in [-0.2, 0) is 11.3 Å². The maximum absolute atomic E-state index is 13.2. The van der Waals surface area contributed by atoms with Crippen LogP contribution in [0.5, 0.6) is 0 Å². The summed E-state index contributed by atoms with van der Waals surface area (Å²) in [5.74, 6) is -1.20. The summed E-state index contributed by atoms with van der Waals surface area (Å²) in [4.78, 5) is 11.1. The molecular formula is C12H16F2N2O. The Morgan fingerprint density at radius 2 is 2.12 bits per heavy atom. The van der Waals surface area contributed by atoms with E-state index in [0.29, 0.717) is 25.1 Å². The molecule has 0 aliphatic heterocycles. The van der Waals surface area contributed by atoms with E-state index in [1.165, 1.54) is 12.1 Å². The third-order valence-corrected chi connectivity index (χ3v) is 2.23. The van der Waals surface area contributed by atoms with Crippen LogP contribution in [0.2, 0.25) is 0 Å². The predicted molar refractivity (Wildman–Crippen MR) is 61.4 cm³/mol. The minimum atomic E-state index is -0.589. The van der Waals surface area contributed by atoms with E-state index in [1.807, 2.05) is 6.92 Å². The normalized spacial score (nSPS) is 10.3. The van der Waals surface area contributed by atoms with Crippen molar-refractivity contribution < 1.29 is 13.6 Å². The molecule has 0 radical (unpaired) electrons. The lowest BCUT2D eigenvalue weighted by molar-refractivity contribution is -0.120. The highest BCUT2D eigenvalue weighted by atomic mass is 19.1. The summed E-state index contributed by atoms with van der Waals surface area (Å²) in [5, 5.41) is 5.59. The van der Waals surface area contributed by atoms with E-state index < -0.39 is 11.6 Å². The van der Waals surface area contributed by atoms with Crippen LogP contribution in [0.1, 0.15) is 18.9 Å². The zero-order valence-electron chi connectivity index (χ0n) is 9.72. The molecule has 0 fully saturated rings. The quantitative estimate of drug-likeness (QED) is 0.744. The molecule has 1 rings (SSSR count). The zero-order chi connectivity index (χ0) is 12.7. The molecule has 1 aromatic carbocycles. The highest BCUT2D eigenvalue weighted by molar-refractivity contribution is 5.75. The maximum atomic E-state index is 13.2. The van der Waals surface area contributed by atoms with Gasteiger partial charge in [-0.25, -0.2) is 8.78 Å². The summed E-state index contributed by atoms with van der Waals surface area (Å²) in [6.45, 7) is 3.19. The number of hydrogen-bond donors (Lipinski definition) is 2. The van der Waals surface area contributed by atoms with Gasteiger partial charge in [0.15, 0.2) is 0 Å². The molecule has 3 nitrogen and oxygen atoms in total. The lowest BCUT2D eigenvalue weighted by atomic mass is 10.2. The Kier molecular flexibility index (Phi) is 5.56. The van der Waals surface area contributed by atoms with Crippen molar-refractivity contribution in [3.8, 4) is 0 Å². The highest BCUT2D eigenvalue weighted by Crippen LogP contribution is 2.08. The average Bonchev–Trinajstić information content (AvgIpc) is 2.27. The first-order valence-electron chi connectivity index (χ1n) is 5.54. The molecule has 0 aromatic heterocycles. The van der Waals surface area contributed by atoms with Gasteiger partial charge in [0.25, 0.3) is 0 Å². The first-order valence-corrected chi connectivity index (χ1v) is 5.54. The molecule has 0 aliphatic carbocycles. The SMILES string of the molecule is CCNC(=O)CCNCc1ccc(F)cc1F. The minimum absolute atomic E-state index is 0.0421. The second-order valence-electron chi connectivity index (χ2n) is 3.62. The van der Waals surface area contributed by atoms with Gasteiger partial charge in [-0.05, 0) is 13.0 Å². The van der Waals surface area contributed by atoms with Crippen molar-refractivity contribution in [3.63, 3.8) is 0 Å². The fourth-order valence-corrected chi connectivity index (χ4v) is 1.38. The number of amides is 1. The first-order chi connectivity index (χ1) is 8.13. The van der Waals surface area contributed by atoms with E-state index in [0.717, 1.165) is 6.07 Å². The molecule has 17 heavy (non-hydrogen) atoms. The Morgan fingerprint density at radius 3 is 2.76 bits per heavy atom. The molecule has 0 unspecified atom stereocenters. The highest BCUT2D eigenvalue weighted by Gasteiger charge is 2.03. The number of hydrogen-bond acceptors (Lipinski definition) is 2. The summed E-state index contributed by atoms with van der Waals surface area (Å²) in [6.07, 6.45) is 0.344. The largest absolute Gasteiger partial charge is 0.356 e. The Bertz CT molecular complexity index is 383. The van der Waals surface area contributed by atoms with Crippen LogP contribution in [0.4, 0.5) is 8.78 Å². The molecule has 94 valence electrons. The van der Waals surface area contributed by atoms with Gasteiger partial charge < -0.3 is 10.6 Å². The summed E-state index contributed by atoms with van der Waals surface area (Å²) < 4.78 is 25.8. The zero-order valence-corrected chi connectivity index (χ0v) is 9.72. The van der Waals surface area contributed by atoms with E-state index in [9.17, 15) is 13.6 Å². The molecule has 5 heteroatoms. The molecule has 0 saturated heterocycles. The number of carbonyl (C=O) groups is 1. The van der Waals surface area contributed by atoms with Gasteiger partial charge >= 0.3 is 0 Å². The maximum Gasteiger partial charge on any atom is 0.221 e. The minimum Gasteiger partial charge on any atom is -0.356 e. The molecule has 0 saturated carbocycles. The Balaban J connectivity index is 2.29. The van der Waals surface area contributed by atoms with Crippen molar-refractivity contribution in [3.05, 3.63) is 35.4 Å². The number of carbonyl (C=O) groups excluding carboxylic acids is 1. The number of benzene rings is 1. The smallest absolute Gasteiger partial charge is 0.221 e. The molecule has 1 aromatic rings. The molecular weight excluding hydrogens is 226 g/mol. The van der Waals surface area contributed by atoms with Crippen molar-refractivity contribution in [2.24, 2.45) is 0 Å². The number of rotatable bonds is 6. The van der Waals surface area contributed by atoms with E-state index in [-0.39, 0.29) is 12.5 Å². The topological polar surface area (TPSA) is 41.1 Å². The Hall–Kier alpha value is -1.49. The average molecular weight is 242 g/mol. The van der Waals surface area contributed by atoms with Crippen LogP contribution in [0.3, 0.4) is 0 Å².